The van der Waals surface area contributed by atoms with Gasteiger partial charge in [-0.3, -0.25) is 10.1 Å². The van der Waals surface area contributed by atoms with E-state index in [2.05, 4.69) is 25.8 Å². The van der Waals surface area contributed by atoms with Crippen LogP contribution in [0.15, 0.2) is 64.9 Å². The standard InChI is InChI=1S/C23H25N5O4S2/c1-34(30,31)19-11-9-16(10-12-19)21(28-32-17-6-2-3-7-17)22(29)27-23-26-15-18(33-23)14-25-20-8-4-5-13-24-20/h4-5,8-13,15,17H,2-3,6-7,14H2,1H3,(H,24,25)(H,26,27,29). The lowest BCUT2D eigenvalue weighted by Crippen LogP contribution is -2.25. The summed E-state index contributed by atoms with van der Waals surface area (Å²) < 4.78 is 23.6. The van der Waals surface area contributed by atoms with Gasteiger partial charge in [-0.15, -0.1) is 0 Å². The van der Waals surface area contributed by atoms with Crippen LogP contribution in [0.4, 0.5) is 10.9 Å². The second kappa shape index (κ2) is 10.7. The van der Waals surface area contributed by atoms with E-state index in [1.165, 1.54) is 23.5 Å². The van der Waals surface area contributed by atoms with Gasteiger partial charge < -0.3 is 10.2 Å². The van der Waals surface area contributed by atoms with Crippen LogP contribution in [-0.2, 0) is 26.0 Å². The van der Waals surface area contributed by atoms with Crippen molar-refractivity contribution < 1.29 is 18.0 Å². The summed E-state index contributed by atoms with van der Waals surface area (Å²) in [5, 5.41) is 10.6. The zero-order chi connectivity index (χ0) is 24.0. The molecule has 0 unspecified atom stereocenters. The van der Waals surface area contributed by atoms with Gasteiger partial charge in [-0.25, -0.2) is 18.4 Å². The van der Waals surface area contributed by atoms with Crippen LogP contribution in [0.5, 0.6) is 0 Å². The molecule has 1 aromatic carbocycles. The highest BCUT2D eigenvalue weighted by Crippen LogP contribution is 2.23. The summed E-state index contributed by atoms with van der Waals surface area (Å²) in [5.74, 6) is 0.265. The summed E-state index contributed by atoms with van der Waals surface area (Å²) in [6, 6.07) is 11.6. The number of oxime groups is 1. The Kier molecular flexibility index (Phi) is 7.53. The van der Waals surface area contributed by atoms with Gasteiger partial charge in [0.1, 0.15) is 11.9 Å². The zero-order valence-corrected chi connectivity index (χ0v) is 20.2. The fraction of sp³-hybridized carbons (Fsp3) is 0.304. The molecule has 178 valence electrons. The van der Waals surface area contributed by atoms with Crippen molar-refractivity contribution in [1.29, 1.82) is 0 Å². The first-order valence-electron chi connectivity index (χ1n) is 10.8. The average molecular weight is 500 g/mol. The third kappa shape index (κ3) is 6.39. The Morgan fingerprint density at radius 2 is 1.91 bits per heavy atom. The van der Waals surface area contributed by atoms with E-state index < -0.39 is 15.7 Å². The van der Waals surface area contributed by atoms with Gasteiger partial charge in [0.25, 0.3) is 5.91 Å². The topological polar surface area (TPSA) is 123 Å². The number of hydrogen-bond donors (Lipinski definition) is 2. The summed E-state index contributed by atoms with van der Waals surface area (Å²) in [6.45, 7) is 0.517. The van der Waals surface area contributed by atoms with Gasteiger partial charge in [-0.2, -0.15) is 0 Å². The van der Waals surface area contributed by atoms with Gasteiger partial charge in [0.2, 0.25) is 0 Å². The smallest absolute Gasteiger partial charge is 0.280 e. The highest BCUT2D eigenvalue weighted by atomic mass is 32.2. The molecule has 0 atom stereocenters. The molecule has 0 radical (unpaired) electrons. The number of anilines is 2. The lowest BCUT2D eigenvalue weighted by molar-refractivity contribution is -0.110. The predicted molar refractivity (Wildman–Crippen MR) is 132 cm³/mol. The fourth-order valence-corrected chi connectivity index (χ4v) is 4.83. The Bertz CT molecular complexity index is 1250. The van der Waals surface area contributed by atoms with Crippen LogP contribution in [0.3, 0.4) is 0 Å². The Balaban J connectivity index is 1.48. The lowest BCUT2D eigenvalue weighted by atomic mass is 10.1. The van der Waals surface area contributed by atoms with Crippen LogP contribution in [-0.4, -0.2) is 42.4 Å². The molecule has 3 aromatic rings. The molecule has 2 aromatic heterocycles. The molecule has 0 aliphatic heterocycles. The number of nitrogens with one attached hydrogen (secondary N) is 2. The summed E-state index contributed by atoms with van der Waals surface area (Å²) in [6.07, 6.45) is 8.42. The van der Waals surface area contributed by atoms with Crippen molar-refractivity contribution in [2.45, 2.75) is 43.2 Å². The molecule has 1 aliphatic rings. The first-order chi connectivity index (χ1) is 16.4. The second-order valence-electron chi connectivity index (χ2n) is 7.90. The molecular formula is C23H25N5O4S2. The van der Waals surface area contributed by atoms with Crippen LogP contribution in [0.1, 0.15) is 36.1 Å². The van der Waals surface area contributed by atoms with E-state index in [-0.39, 0.29) is 16.7 Å². The number of sulfone groups is 1. The van der Waals surface area contributed by atoms with Crippen molar-refractivity contribution >= 4 is 43.7 Å². The maximum atomic E-state index is 13.1. The van der Waals surface area contributed by atoms with Crippen LogP contribution in [0, 0.1) is 0 Å². The van der Waals surface area contributed by atoms with Crippen LogP contribution < -0.4 is 10.6 Å². The third-order valence-corrected chi connectivity index (χ3v) is 7.29. The molecule has 0 saturated heterocycles. The number of rotatable bonds is 9. The molecule has 11 heteroatoms. The molecular weight excluding hydrogens is 474 g/mol. The van der Waals surface area contributed by atoms with Crippen LogP contribution in [0.25, 0.3) is 0 Å². The van der Waals surface area contributed by atoms with Crippen molar-refractivity contribution in [3.05, 3.63) is 65.3 Å². The molecule has 2 heterocycles. The molecule has 34 heavy (non-hydrogen) atoms. The monoisotopic (exact) mass is 499 g/mol. The van der Waals surface area contributed by atoms with Crippen molar-refractivity contribution in [2.24, 2.45) is 5.16 Å². The predicted octanol–water partition coefficient (Wildman–Crippen LogP) is 3.86. The summed E-state index contributed by atoms with van der Waals surface area (Å²) in [5.41, 5.74) is 0.520. The van der Waals surface area contributed by atoms with E-state index in [4.69, 9.17) is 4.84 Å². The summed E-state index contributed by atoms with van der Waals surface area (Å²) >= 11 is 1.33. The fourth-order valence-electron chi connectivity index (χ4n) is 3.45. The minimum absolute atomic E-state index is 0.0257. The number of hydrogen-bond acceptors (Lipinski definition) is 9. The molecule has 1 fully saturated rings. The molecule has 1 amide bonds. The summed E-state index contributed by atoms with van der Waals surface area (Å²) in [7, 11) is -3.35. The molecule has 1 aliphatic carbocycles. The van der Waals surface area contributed by atoms with E-state index in [0.717, 1.165) is 42.6 Å². The quantitative estimate of drug-likeness (QED) is 0.339. The number of pyridine rings is 1. The Hall–Kier alpha value is -3.31. The Morgan fingerprint density at radius 3 is 2.59 bits per heavy atom. The number of thiazole rings is 1. The number of carbonyl (C=O) groups is 1. The number of amides is 1. The second-order valence-corrected chi connectivity index (χ2v) is 11.0. The highest BCUT2D eigenvalue weighted by molar-refractivity contribution is 7.90. The van der Waals surface area contributed by atoms with E-state index in [1.54, 1.807) is 24.5 Å². The maximum Gasteiger partial charge on any atom is 0.280 e. The van der Waals surface area contributed by atoms with Gasteiger partial charge in [-0.1, -0.05) is 34.7 Å². The minimum atomic E-state index is -3.35. The number of carbonyl (C=O) groups excluding carboxylic acids is 1. The van der Waals surface area contributed by atoms with Crippen molar-refractivity contribution in [2.75, 3.05) is 16.9 Å². The van der Waals surface area contributed by atoms with E-state index in [1.807, 2.05) is 18.2 Å². The zero-order valence-electron chi connectivity index (χ0n) is 18.6. The minimum Gasteiger partial charge on any atom is -0.392 e. The van der Waals surface area contributed by atoms with E-state index >= 15 is 0 Å². The van der Waals surface area contributed by atoms with Crippen molar-refractivity contribution in [3.8, 4) is 0 Å². The first kappa shape index (κ1) is 23.8. The van der Waals surface area contributed by atoms with E-state index in [0.29, 0.717) is 17.2 Å². The largest absolute Gasteiger partial charge is 0.392 e. The molecule has 9 nitrogen and oxygen atoms in total. The van der Waals surface area contributed by atoms with Gasteiger partial charge in [0.15, 0.2) is 20.7 Å². The third-order valence-electron chi connectivity index (χ3n) is 5.25. The number of aromatic nitrogens is 2. The normalized spacial score (nSPS) is 14.7. The highest BCUT2D eigenvalue weighted by Gasteiger charge is 2.21. The SMILES string of the molecule is CS(=O)(=O)c1ccc(C(=NOC2CCCC2)C(=O)Nc2ncc(CNc3ccccn3)s2)cc1. The van der Waals surface area contributed by atoms with Gasteiger partial charge in [0.05, 0.1) is 11.4 Å². The molecule has 0 bridgehead atoms. The molecule has 0 spiro atoms. The first-order valence-corrected chi connectivity index (χ1v) is 13.5. The maximum absolute atomic E-state index is 13.1. The van der Waals surface area contributed by atoms with E-state index in [9.17, 15) is 13.2 Å². The molecule has 4 rings (SSSR count). The molecule has 1 saturated carbocycles. The average Bonchev–Trinajstić information content (AvgIpc) is 3.50. The van der Waals surface area contributed by atoms with Crippen LogP contribution in [0.2, 0.25) is 0 Å². The van der Waals surface area contributed by atoms with Crippen molar-refractivity contribution in [1.82, 2.24) is 9.97 Å². The van der Waals surface area contributed by atoms with Gasteiger partial charge in [0, 0.05) is 29.1 Å². The number of nitrogens with zero attached hydrogens (tertiary/aromatic N) is 3. The van der Waals surface area contributed by atoms with Gasteiger partial charge in [-0.05, 0) is 49.9 Å². The van der Waals surface area contributed by atoms with Gasteiger partial charge >= 0.3 is 0 Å². The molecule has 2 N–H and O–H groups in total. The Morgan fingerprint density at radius 1 is 1.15 bits per heavy atom. The summed E-state index contributed by atoms with van der Waals surface area (Å²) in [4.78, 5) is 28.3. The van der Waals surface area contributed by atoms with Crippen molar-refractivity contribution in [3.63, 3.8) is 0 Å². The Labute approximate surface area is 202 Å². The lowest BCUT2D eigenvalue weighted by Gasteiger charge is -2.10. The number of benzene rings is 1. The van der Waals surface area contributed by atoms with Crippen LogP contribution >= 0.6 is 11.3 Å².